The first-order chi connectivity index (χ1) is 14.4. The van der Waals surface area contributed by atoms with Crippen LogP contribution in [0.3, 0.4) is 0 Å². The van der Waals surface area contributed by atoms with Gasteiger partial charge in [-0.05, 0) is 48.5 Å². The van der Waals surface area contributed by atoms with Crippen LogP contribution in [0.25, 0.3) is 5.69 Å². The number of hydrogen-bond acceptors (Lipinski definition) is 9. The van der Waals surface area contributed by atoms with Crippen LogP contribution < -0.4 is 0 Å². The first-order valence-electron chi connectivity index (χ1n) is 8.00. The molecule has 13 nitrogen and oxygen atoms in total. The molecule has 4 N–H and O–H groups in total. The van der Waals surface area contributed by atoms with E-state index >= 15 is 0 Å². The van der Waals surface area contributed by atoms with Crippen LogP contribution in [-0.2, 0) is 20.2 Å². The summed E-state index contributed by atoms with van der Waals surface area (Å²) in [4.78, 5) is 10.7. The molecule has 0 aliphatic rings. The maximum absolute atomic E-state index is 11.5. The van der Waals surface area contributed by atoms with E-state index in [1.807, 2.05) is 0 Å². The van der Waals surface area contributed by atoms with E-state index in [0.29, 0.717) is 0 Å². The molecule has 0 spiro atoms. The Hall–Kier alpha value is 1.34. The molecule has 0 aliphatic heterocycles. The van der Waals surface area contributed by atoms with E-state index < -0.39 is 48.4 Å². The van der Waals surface area contributed by atoms with Gasteiger partial charge in [0.25, 0.3) is 20.2 Å². The van der Waals surface area contributed by atoms with Crippen molar-refractivity contribution in [3.05, 3.63) is 54.2 Å². The number of hydrogen-bond donors (Lipinski definition) is 4. The van der Waals surface area contributed by atoms with E-state index in [2.05, 4.69) is 15.3 Å². The van der Waals surface area contributed by atoms with Gasteiger partial charge in [0.05, 0.1) is 21.2 Å². The van der Waals surface area contributed by atoms with Gasteiger partial charge in [-0.15, -0.1) is 5.11 Å². The SMILES string of the molecule is O=C(O)c1nn(-c2ccc(S(=O)(=O)O)cc2)c(O)c1/N=N/c1ccc(S(=O)(=O)O)cc1.[NaH].[NaH].[NaH].[NaH].[NaH]. The molecule has 0 unspecified atom stereocenters. The van der Waals surface area contributed by atoms with Crippen molar-refractivity contribution >= 4 is 185 Å². The summed E-state index contributed by atoms with van der Waals surface area (Å²) < 4.78 is 63.1. The molecular formula is C16H17N4Na5O9S2. The van der Waals surface area contributed by atoms with Crippen molar-refractivity contribution < 1.29 is 40.9 Å². The van der Waals surface area contributed by atoms with Gasteiger partial charge >= 0.3 is 154 Å². The number of aromatic carboxylic acids is 1. The normalized spacial score (nSPS) is 10.6. The van der Waals surface area contributed by atoms with E-state index in [4.69, 9.17) is 9.11 Å². The Labute approximate surface area is 316 Å². The molecule has 36 heavy (non-hydrogen) atoms. The molecule has 2 aromatic carbocycles. The second kappa shape index (κ2) is 17.2. The molecular weight excluding hydrogens is 571 g/mol. The molecule has 0 fully saturated rings. The van der Waals surface area contributed by atoms with Crippen molar-refractivity contribution in [2.24, 2.45) is 10.2 Å². The summed E-state index contributed by atoms with van der Waals surface area (Å²) >= 11 is 0. The third-order valence-electron chi connectivity index (χ3n) is 3.82. The number of rotatable bonds is 6. The fraction of sp³-hybridized carbons (Fsp3) is 0. The maximum atomic E-state index is 11.5. The number of azo groups is 1. The first kappa shape index (κ1) is 41.8. The second-order valence-electron chi connectivity index (χ2n) is 5.88. The summed E-state index contributed by atoms with van der Waals surface area (Å²) in [6, 6.07) is 8.82. The van der Waals surface area contributed by atoms with Crippen LogP contribution in [0, 0.1) is 0 Å². The summed E-state index contributed by atoms with van der Waals surface area (Å²) in [5.41, 5.74) is -1.06. The number of aromatic hydroxyl groups is 1. The predicted molar refractivity (Wildman–Crippen MR) is 138 cm³/mol. The molecule has 20 heteroatoms. The molecule has 3 aromatic rings. The van der Waals surface area contributed by atoms with E-state index in [0.717, 1.165) is 41.1 Å². The van der Waals surface area contributed by atoms with Gasteiger partial charge in [0.1, 0.15) is 0 Å². The summed E-state index contributed by atoms with van der Waals surface area (Å²) in [6.45, 7) is 0. The average molecular weight is 588 g/mol. The standard InChI is InChI=1S/C16H12N4O9S2.5Na.5H/c21-15-13(18-17-9-1-5-11(6-2-9)30(24,25)26)14(16(22)23)19-20(15)10-3-7-12(8-4-10)31(27,28)29;;;;;;;;;;/h1-8,21H,(H,22,23)(H,24,25,26)(H,27,28,29);;;;;;;;;;/b18-17+;;;;;;;;;;. The van der Waals surface area contributed by atoms with Crippen molar-refractivity contribution in [3.8, 4) is 11.6 Å². The molecule has 0 aliphatic carbocycles. The van der Waals surface area contributed by atoms with Gasteiger partial charge < -0.3 is 10.2 Å². The van der Waals surface area contributed by atoms with Crippen LogP contribution in [0.2, 0.25) is 0 Å². The Bertz CT molecular complexity index is 1410. The average Bonchev–Trinajstić information content (AvgIpc) is 3.02. The van der Waals surface area contributed by atoms with Gasteiger partial charge in [-0.1, -0.05) is 0 Å². The molecule has 0 saturated carbocycles. The summed E-state index contributed by atoms with van der Waals surface area (Å²) in [6.07, 6.45) is 0. The Balaban J connectivity index is -0.00000218. The topological polar surface area (TPSA) is 209 Å². The predicted octanol–water partition coefficient (Wildman–Crippen LogP) is -1.06. The zero-order valence-electron chi connectivity index (χ0n) is 15.1. The van der Waals surface area contributed by atoms with Crippen LogP contribution in [-0.4, -0.2) is 200 Å². The number of carboxylic acid groups (broad SMARTS) is 1. The van der Waals surface area contributed by atoms with Gasteiger partial charge in [0.2, 0.25) is 11.6 Å². The monoisotopic (exact) mass is 588 g/mol. The Morgan fingerprint density at radius 1 is 0.750 bits per heavy atom. The van der Waals surface area contributed by atoms with Crippen LogP contribution >= 0.6 is 0 Å². The molecule has 0 atom stereocenters. The fourth-order valence-electron chi connectivity index (χ4n) is 2.37. The van der Waals surface area contributed by atoms with Crippen LogP contribution in [0.1, 0.15) is 10.5 Å². The molecule has 0 bridgehead atoms. The minimum atomic E-state index is -4.45. The second-order valence-corrected chi connectivity index (χ2v) is 8.72. The Kier molecular flexibility index (Phi) is 20.0. The van der Waals surface area contributed by atoms with E-state index in [-0.39, 0.29) is 164 Å². The summed E-state index contributed by atoms with van der Waals surface area (Å²) in [7, 11) is -8.86. The number of aromatic nitrogens is 2. The minimum absolute atomic E-state index is 0. The zero-order valence-corrected chi connectivity index (χ0v) is 16.7. The van der Waals surface area contributed by atoms with Crippen LogP contribution in [0.15, 0.2) is 68.6 Å². The van der Waals surface area contributed by atoms with Crippen LogP contribution in [0.4, 0.5) is 11.4 Å². The van der Waals surface area contributed by atoms with Crippen molar-refractivity contribution in [1.82, 2.24) is 9.78 Å². The third-order valence-corrected chi connectivity index (χ3v) is 5.55. The van der Waals surface area contributed by atoms with Gasteiger partial charge in [0.15, 0.2) is 5.69 Å². The van der Waals surface area contributed by atoms with E-state index in [9.17, 15) is 31.8 Å². The molecule has 172 valence electrons. The zero-order chi connectivity index (χ0) is 23.0. The quantitative estimate of drug-likeness (QED) is 0.156. The number of nitrogens with zero attached hydrogens (tertiary/aromatic N) is 4. The number of carbonyl (C=O) groups is 1. The van der Waals surface area contributed by atoms with Gasteiger partial charge in [-0.3, -0.25) is 9.11 Å². The molecule has 0 saturated heterocycles. The van der Waals surface area contributed by atoms with Crippen molar-refractivity contribution in [1.29, 1.82) is 0 Å². The number of benzene rings is 2. The molecule has 1 heterocycles. The molecule has 1 aromatic heterocycles. The third kappa shape index (κ3) is 10.7. The number of carboxylic acids is 1. The van der Waals surface area contributed by atoms with E-state index in [1.54, 1.807) is 0 Å². The van der Waals surface area contributed by atoms with Crippen molar-refractivity contribution in [2.45, 2.75) is 9.79 Å². The molecule has 0 amide bonds. The first-order valence-corrected chi connectivity index (χ1v) is 10.9. The molecule has 0 radical (unpaired) electrons. The van der Waals surface area contributed by atoms with Gasteiger partial charge in [-0.25, -0.2) is 4.79 Å². The van der Waals surface area contributed by atoms with Gasteiger partial charge in [-0.2, -0.15) is 31.7 Å². The fourth-order valence-corrected chi connectivity index (χ4v) is 3.33. The van der Waals surface area contributed by atoms with Crippen molar-refractivity contribution in [3.63, 3.8) is 0 Å². The molecule has 3 rings (SSSR count). The van der Waals surface area contributed by atoms with Gasteiger partial charge in [0, 0.05) is 0 Å². The van der Waals surface area contributed by atoms with Crippen LogP contribution in [0.5, 0.6) is 5.88 Å². The summed E-state index contributed by atoms with van der Waals surface area (Å²) in [5, 5.41) is 30.8. The Morgan fingerprint density at radius 3 is 1.56 bits per heavy atom. The van der Waals surface area contributed by atoms with E-state index in [1.165, 1.54) is 12.1 Å². The summed E-state index contributed by atoms with van der Waals surface area (Å²) in [5.74, 6) is -2.27. The Morgan fingerprint density at radius 2 is 1.17 bits per heavy atom. The van der Waals surface area contributed by atoms with Crippen molar-refractivity contribution in [2.75, 3.05) is 0 Å².